The number of carbonyl (C=O) groups is 1. The summed E-state index contributed by atoms with van der Waals surface area (Å²) >= 11 is 1.65. The molecule has 3 aliphatic rings. The highest BCUT2D eigenvalue weighted by atomic mass is 32.1. The number of hydrogen-bond acceptors (Lipinski definition) is 4. The third kappa shape index (κ3) is 1.91. The quantitative estimate of drug-likeness (QED) is 0.867. The Morgan fingerprint density at radius 3 is 3.10 bits per heavy atom. The minimum atomic E-state index is -0.00544. The van der Waals surface area contributed by atoms with Crippen molar-refractivity contribution in [2.45, 2.75) is 50.3 Å². The van der Waals surface area contributed by atoms with E-state index in [4.69, 9.17) is 10.5 Å². The van der Waals surface area contributed by atoms with E-state index in [1.165, 1.54) is 23.3 Å². The van der Waals surface area contributed by atoms with E-state index in [1.807, 2.05) is 0 Å². The van der Waals surface area contributed by atoms with Crippen molar-refractivity contribution in [1.82, 2.24) is 5.32 Å². The van der Waals surface area contributed by atoms with Crippen molar-refractivity contribution in [3.63, 3.8) is 0 Å². The number of nitrogens with two attached hydrogens (primary N) is 1. The molecule has 1 amide bonds. The molecule has 2 aliphatic carbocycles. The highest BCUT2D eigenvalue weighted by molar-refractivity contribution is 7.14. The van der Waals surface area contributed by atoms with Crippen molar-refractivity contribution in [3.05, 3.63) is 21.4 Å². The van der Waals surface area contributed by atoms with Gasteiger partial charge in [-0.1, -0.05) is 0 Å². The molecule has 0 aromatic carbocycles. The molecule has 108 valence electrons. The lowest BCUT2D eigenvalue weighted by Crippen LogP contribution is -2.68. The first-order valence-corrected chi connectivity index (χ1v) is 8.35. The molecule has 4 unspecified atom stereocenters. The van der Waals surface area contributed by atoms with Crippen LogP contribution in [-0.2, 0) is 17.6 Å². The molecule has 0 spiro atoms. The zero-order valence-corrected chi connectivity index (χ0v) is 12.2. The van der Waals surface area contributed by atoms with Crippen molar-refractivity contribution >= 4 is 17.2 Å². The molecule has 4 rings (SSSR count). The zero-order chi connectivity index (χ0) is 13.7. The third-order valence-electron chi connectivity index (χ3n) is 4.96. The van der Waals surface area contributed by atoms with Crippen LogP contribution in [0, 0.1) is 5.92 Å². The molecule has 20 heavy (non-hydrogen) atoms. The molecule has 2 fully saturated rings. The van der Waals surface area contributed by atoms with Crippen LogP contribution >= 0.6 is 11.3 Å². The van der Waals surface area contributed by atoms with Gasteiger partial charge in [-0.3, -0.25) is 4.79 Å². The van der Waals surface area contributed by atoms with Crippen molar-refractivity contribution < 1.29 is 9.53 Å². The summed E-state index contributed by atoms with van der Waals surface area (Å²) in [5.74, 6) is 0.468. The van der Waals surface area contributed by atoms with Gasteiger partial charge in [0.1, 0.15) is 0 Å². The van der Waals surface area contributed by atoms with Crippen molar-refractivity contribution in [2.24, 2.45) is 11.7 Å². The summed E-state index contributed by atoms with van der Waals surface area (Å²) in [6.45, 7) is 0.780. The first kappa shape index (κ1) is 12.8. The lowest BCUT2D eigenvalue weighted by atomic mass is 9.72. The molecule has 1 aromatic heterocycles. The van der Waals surface area contributed by atoms with Crippen LogP contribution in [0.2, 0.25) is 0 Å². The van der Waals surface area contributed by atoms with Gasteiger partial charge in [-0.15, -0.1) is 11.3 Å². The van der Waals surface area contributed by atoms with Gasteiger partial charge in [-0.05, 0) is 43.7 Å². The molecule has 4 nitrogen and oxygen atoms in total. The number of ether oxygens (including phenoxy) is 1. The minimum absolute atomic E-state index is 0.00544. The van der Waals surface area contributed by atoms with Crippen LogP contribution in [0.1, 0.15) is 39.4 Å². The van der Waals surface area contributed by atoms with Crippen LogP contribution in [0.3, 0.4) is 0 Å². The fourth-order valence-corrected chi connectivity index (χ4v) is 4.91. The van der Waals surface area contributed by atoms with Gasteiger partial charge in [0.15, 0.2) is 0 Å². The van der Waals surface area contributed by atoms with Crippen molar-refractivity contribution in [2.75, 3.05) is 6.61 Å². The number of carbonyl (C=O) groups excluding carboxylic acids is 1. The highest BCUT2D eigenvalue weighted by Gasteiger charge is 2.52. The monoisotopic (exact) mass is 292 g/mol. The Bertz CT molecular complexity index is 518. The number of nitrogens with one attached hydrogen (secondary N) is 1. The number of thiophene rings is 1. The number of hydrogen-bond donors (Lipinski definition) is 2. The summed E-state index contributed by atoms with van der Waals surface area (Å²) in [7, 11) is 0. The summed E-state index contributed by atoms with van der Waals surface area (Å²) < 4.78 is 5.66. The second-order valence-electron chi connectivity index (χ2n) is 6.13. The Hall–Kier alpha value is -0.910. The van der Waals surface area contributed by atoms with E-state index in [0.29, 0.717) is 5.92 Å². The van der Waals surface area contributed by atoms with Crippen LogP contribution in [0.5, 0.6) is 0 Å². The van der Waals surface area contributed by atoms with Crippen LogP contribution < -0.4 is 11.1 Å². The molecule has 2 heterocycles. The van der Waals surface area contributed by atoms with Gasteiger partial charge in [0, 0.05) is 23.4 Å². The minimum Gasteiger partial charge on any atom is -0.376 e. The molecule has 1 saturated carbocycles. The predicted octanol–water partition coefficient (Wildman–Crippen LogP) is 1.47. The van der Waals surface area contributed by atoms with E-state index in [0.717, 1.165) is 30.7 Å². The molecule has 5 heteroatoms. The number of amides is 1. The maximum absolute atomic E-state index is 12.4. The first-order chi connectivity index (χ1) is 9.74. The lowest BCUT2D eigenvalue weighted by molar-refractivity contribution is -0.0160. The van der Waals surface area contributed by atoms with Crippen LogP contribution in [0.25, 0.3) is 0 Å². The van der Waals surface area contributed by atoms with Crippen molar-refractivity contribution in [3.8, 4) is 0 Å². The predicted molar refractivity (Wildman–Crippen MR) is 78.0 cm³/mol. The molecule has 0 radical (unpaired) electrons. The van der Waals surface area contributed by atoms with E-state index in [9.17, 15) is 4.79 Å². The fraction of sp³-hybridized carbons (Fsp3) is 0.667. The van der Waals surface area contributed by atoms with Gasteiger partial charge in [0.05, 0.1) is 17.0 Å². The largest absolute Gasteiger partial charge is 0.376 e. The summed E-state index contributed by atoms with van der Waals surface area (Å²) in [4.78, 5) is 14.6. The fourth-order valence-electron chi connectivity index (χ4n) is 3.75. The third-order valence-corrected chi connectivity index (χ3v) is 6.20. The highest BCUT2D eigenvalue weighted by Crippen LogP contribution is 2.38. The zero-order valence-electron chi connectivity index (χ0n) is 11.4. The lowest BCUT2D eigenvalue weighted by Gasteiger charge is -2.45. The molecule has 3 N–H and O–H groups in total. The molecule has 1 saturated heterocycles. The van der Waals surface area contributed by atoms with E-state index >= 15 is 0 Å². The molecule has 4 atom stereocenters. The molecule has 0 bridgehead atoms. The van der Waals surface area contributed by atoms with E-state index < -0.39 is 0 Å². The number of fused-ring (bicyclic) bond motifs is 2. The second-order valence-corrected chi connectivity index (χ2v) is 7.27. The van der Waals surface area contributed by atoms with E-state index in [-0.39, 0.29) is 24.1 Å². The maximum atomic E-state index is 12.4. The SMILES string of the molecule is NC1C2CCOC2C1NC(=O)c1cc2c(s1)CCCC2. The number of rotatable bonds is 2. The van der Waals surface area contributed by atoms with Gasteiger partial charge in [-0.25, -0.2) is 0 Å². The Balaban J connectivity index is 1.46. The molecular formula is C15H20N2O2S. The average molecular weight is 292 g/mol. The van der Waals surface area contributed by atoms with E-state index in [1.54, 1.807) is 11.3 Å². The summed E-state index contributed by atoms with van der Waals surface area (Å²) in [6, 6.07) is 2.13. The average Bonchev–Trinajstić information content (AvgIpc) is 3.08. The summed E-state index contributed by atoms with van der Waals surface area (Å²) in [5.41, 5.74) is 7.51. The van der Waals surface area contributed by atoms with Crippen LogP contribution in [0.4, 0.5) is 0 Å². The maximum Gasteiger partial charge on any atom is 0.261 e. The smallest absolute Gasteiger partial charge is 0.261 e. The topological polar surface area (TPSA) is 64.3 Å². The Morgan fingerprint density at radius 1 is 1.40 bits per heavy atom. The van der Waals surface area contributed by atoms with E-state index in [2.05, 4.69) is 11.4 Å². The van der Waals surface area contributed by atoms with Gasteiger partial charge in [-0.2, -0.15) is 0 Å². The second kappa shape index (κ2) is 4.83. The normalized spacial score (nSPS) is 35.0. The van der Waals surface area contributed by atoms with Crippen molar-refractivity contribution in [1.29, 1.82) is 0 Å². The Morgan fingerprint density at radius 2 is 2.25 bits per heavy atom. The Labute approximate surface area is 122 Å². The van der Waals surface area contributed by atoms with Gasteiger partial charge >= 0.3 is 0 Å². The molecule has 1 aliphatic heterocycles. The molecular weight excluding hydrogens is 272 g/mol. The van der Waals surface area contributed by atoms with Gasteiger partial charge in [0.2, 0.25) is 0 Å². The van der Waals surface area contributed by atoms with Gasteiger partial charge < -0.3 is 15.8 Å². The number of aryl methyl sites for hydroxylation is 2. The standard InChI is InChI=1S/C15H20N2O2S/c16-12-9-5-6-19-14(9)13(12)17-15(18)11-7-8-3-1-2-4-10(8)20-11/h7,9,12-14H,1-6,16H2,(H,17,18). The summed E-state index contributed by atoms with van der Waals surface area (Å²) in [5, 5.41) is 3.08. The Kier molecular flexibility index (Phi) is 3.09. The van der Waals surface area contributed by atoms with Gasteiger partial charge in [0.25, 0.3) is 5.91 Å². The van der Waals surface area contributed by atoms with Crippen LogP contribution in [0.15, 0.2) is 6.07 Å². The first-order valence-electron chi connectivity index (χ1n) is 7.53. The van der Waals surface area contributed by atoms with Crippen LogP contribution in [-0.4, -0.2) is 30.7 Å². The molecule has 1 aromatic rings. The summed E-state index contributed by atoms with van der Waals surface area (Å²) in [6.07, 6.45) is 5.92.